The lowest BCUT2D eigenvalue weighted by atomic mass is 10.3. The molecule has 4 heteroatoms. The third-order valence-corrected chi connectivity index (χ3v) is 3.21. The van der Waals surface area contributed by atoms with Crippen molar-refractivity contribution in [2.45, 2.75) is 32.7 Å². The number of anilines is 1. The Morgan fingerprint density at radius 2 is 1.59 bits per heavy atom. The van der Waals surface area contributed by atoms with Gasteiger partial charge in [-0.15, -0.1) is 0 Å². The second kappa shape index (κ2) is 5.96. The van der Waals surface area contributed by atoms with Crippen molar-refractivity contribution in [3.63, 3.8) is 0 Å². The fourth-order valence-electron chi connectivity index (χ4n) is 2.18. The zero-order chi connectivity index (χ0) is 12.1. The van der Waals surface area contributed by atoms with Crippen LogP contribution >= 0.6 is 0 Å². The fourth-order valence-corrected chi connectivity index (χ4v) is 2.18. The number of rotatable bonds is 2. The molecule has 0 N–H and O–H groups in total. The smallest absolute Gasteiger partial charge is 0.225 e. The topological polar surface area (TPSA) is 32.3 Å². The van der Waals surface area contributed by atoms with Crippen molar-refractivity contribution in [1.29, 1.82) is 0 Å². The molecule has 17 heavy (non-hydrogen) atoms. The lowest BCUT2D eigenvalue weighted by Gasteiger charge is -2.34. The van der Waals surface area contributed by atoms with Crippen LogP contribution in [0.5, 0.6) is 0 Å². The molecule has 2 fully saturated rings. The van der Waals surface area contributed by atoms with E-state index in [1.807, 2.05) is 32.3 Å². The summed E-state index contributed by atoms with van der Waals surface area (Å²) in [6.07, 6.45) is 6.44. The van der Waals surface area contributed by atoms with Crippen molar-refractivity contribution in [2.75, 3.05) is 31.1 Å². The minimum Gasteiger partial charge on any atom is -0.338 e. The summed E-state index contributed by atoms with van der Waals surface area (Å²) in [4.78, 5) is 13.4. The summed E-state index contributed by atoms with van der Waals surface area (Å²) < 4.78 is 0. The van der Waals surface area contributed by atoms with Crippen LogP contribution in [0.3, 0.4) is 0 Å². The molecule has 1 aromatic rings. The van der Waals surface area contributed by atoms with Crippen molar-refractivity contribution < 1.29 is 0 Å². The van der Waals surface area contributed by atoms with Gasteiger partial charge in [0.2, 0.25) is 5.95 Å². The van der Waals surface area contributed by atoms with Crippen LogP contribution in [0.25, 0.3) is 0 Å². The maximum atomic E-state index is 4.28. The summed E-state index contributed by atoms with van der Waals surface area (Å²) in [6, 6.07) is 2.76. The third kappa shape index (κ3) is 3.16. The molecule has 0 bridgehead atoms. The Morgan fingerprint density at radius 3 is 2.12 bits per heavy atom. The van der Waals surface area contributed by atoms with Gasteiger partial charge in [0.25, 0.3) is 0 Å². The Morgan fingerprint density at radius 1 is 1.00 bits per heavy atom. The van der Waals surface area contributed by atoms with E-state index in [0.717, 1.165) is 25.1 Å². The van der Waals surface area contributed by atoms with Crippen LogP contribution in [0.15, 0.2) is 18.5 Å². The summed E-state index contributed by atoms with van der Waals surface area (Å²) in [5, 5.41) is 0. The van der Waals surface area contributed by atoms with E-state index in [2.05, 4.69) is 19.8 Å². The van der Waals surface area contributed by atoms with Gasteiger partial charge in [0, 0.05) is 44.6 Å². The summed E-state index contributed by atoms with van der Waals surface area (Å²) in [5.74, 6) is 0.882. The molecule has 0 unspecified atom stereocenters. The molecule has 0 aromatic carbocycles. The van der Waals surface area contributed by atoms with E-state index in [1.165, 1.54) is 25.9 Å². The molecule has 1 aliphatic carbocycles. The first kappa shape index (κ1) is 12.3. The van der Waals surface area contributed by atoms with Crippen LogP contribution in [0.4, 0.5) is 5.95 Å². The number of piperazine rings is 1. The van der Waals surface area contributed by atoms with Gasteiger partial charge in [-0.1, -0.05) is 13.8 Å². The first-order chi connectivity index (χ1) is 8.43. The second-order valence-corrected chi connectivity index (χ2v) is 4.30. The highest BCUT2D eigenvalue weighted by atomic mass is 15.3. The van der Waals surface area contributed by atoms with Gasteiger partial charge >= 0.3 is 0 Å². The molecule has 0 atom stereocenters. The van der Waals surface area contributed by atoms with Gasteiger partial charge in [-0.3, -0.25) is 4.90 Å². The number of aromatic nitrogens is 2. The van der Waals surface area contributed by atoms with Crippen LogP contribution in [0, 0.1) is 0 Å². The van der Waals surface area contributed by atoms with Gasteiger partial charge in [-0.2, -0.15) is 0 Å². The van der Waals surface area contributed by atoms with Crippen molar-refractivity contribution in [3.8, 4) is 0 Å². The highest BCUT2D eigenvalue weighted by Gasteiger charge is 2.31. The van der Waals surface area contributed by atoms with E-state index in [0.29, 0.717) is 0 Å². The lowest BCUT2D eigenvalue weighted by molar-refractivity contribution is 0.247. The van der Waals surface area contributed by atoms with Crippen molar-refractivity contribution in [3.05, 3.63) is 18.5 Å². The first-order valence-corrected chi connectivity index (χ1v) is 6.69. The lowest BCUT2D eigenvalue weighted by Crippen LogP contribution is -2.47. The van der Waals surface area contributed by atoms with E-state index >= 15 is 0 Å². The predicted molar refractivity (Wildman–Crippen MR) is 70.2 cm³/mol. The molecule has 3 rings (SSSR count). The molecule has 94 valence electrons. The molecule has 1 aliphatic heterocycles. The highest BCUT2D eigenvalue weighted by molar-refractivity contribution is 5.29. The molecule has 2 heterocycles. The summed E-state index contributed by atoms with van der Waals surface area (Å²) in [5.41, 5.74) is 0. The monoisotopic (exact) mass is 234 g/mol. The van der Waals surface area contributed by atoms with Crippen molar-refractivity contribution >= 4 is 5.95 Å². The standard InChI is InChI=1S/C11H16N4.C2H6/c1-4-12-11(13-5-1)15-8-6-14(7-9-15)10-2-3-10;1-2/h1,4-5,10H,2-3,6-9H2;1-2H3. The Hall–Kier alpha value is -1.16. The highest BCUT2D eigenvalue weighted by Crippen LogP contribution is 2.27. The molecule has 2 aliphatic rings. The van der Waals surface area contributed by atoms with Crippen LogP contribution in [0.2, 0.25) is 0 Å². The average molecular weight is 234 g/mol. The zero-order valence-corrected chi connectivity index (χ0v) is 10.8. The predicted octanol–water partition coefficient (Wildman–Crippen LogP) is 1.79. The number of hydrogen-bond donors (Lipinski definition) is 0. The van der Waals surface area contributed by atoms with E-state index in [4.69, 9.17) is 0 Å². The number of hydrogen-bond acceptors (Lipinski definition) is 4. The largest absolute Gasteiger partial charge is 0.338 e. The SMILES string of the molecule is CC.c1cnc(N2CCN(C3CC3)CC2)nc1. The van der Waals surface area contributed by atoms with Gasteiger partial charge in [-0.05, 0) is 18.9 Å². The van der Waals surface area contributed by atoms with Crippen LogP contribution in [-0.2, 0) is 0 Å². The molecule has 0 radical (unpaired) electrons. The van der Waals surface area contributed by atoms with Gasteiger partial charge in [0.15, 0.2) is 0 Å². The van der Waals surface area contributed by atoms with Crippen LogP contribution in [-0.4, -0.2) is 47.1 Å². The summed E-state index contributed by atoms with van der Waals surface area (Å²) in [6.45, 7) is 8.48. The van der Waals surface area contributed by atoms with Crippen LogP contribution < -0.4 is 4.90 Å². The Bertz CT molecular complexity index is 315. The van der Waals surface area contributed by atoms with E-state index in [-0.39, 0.29) is 0 Å². The van der Waals surface area contributed by atoms with Crippen molar-refractivity contribution in [1.82, 2.24) is 14.9 Å². The number of nitrogens with zero attached hydrogens (tertiary/aromatic N) is 4. The zero-order valence-electron chi connectivity index (χ0n) is 10.8. The third-order valence-electron chi connectivity index (χ3n) is 3.21. The van der Waals surface area contributed by atoms with Gasteiger partial charge in [0.05, 0.1) is 0 Å². The Kier molecular flexibility index (Phi) is 4.31. The molecule has 0 amide bonds. The maximum absolute atomic E-state index is 4.28. The Labute approximate surface area is 104 Å². The molecule has 1 aromatic heterocycles. The minimum absolute atomic E-state index is 0.882. The van der Waals surface area contributed by atoms with Gasteiger partial charge in [-0.25, -0.2) is 9.97 Å². The fraction of sp³-hybridized carbons (Fsp3) is 0.692. The quantitative estimate of drug-likeness (QED) is 0.781. The first-order valence-electron chi connectivity index (χ1n) is 6.69. The van der Waals surface area contributed by atoms with E-state index < -0.39 is 0 Å². The second-order valence-electron chi connectivity index (χ2n) is 4.30. The normalized spacial score (nSPS) is 20.7. The molecule has 1 saturated carbocycles. The molecular weight excluding hydrogens is 212 g/mol. The maximum Gasteiger partial charge on any atom is 0.225 e. The molecule has 0 spiro atoms. The Balaban J connectivity index is 0.000000514. The van der Waals surface area contributed by atoms with Gasteiger partial charge in [0.1, 0.15) is 0 Å². The van der Waals surface area contributed by atoms with Crippen molar-refractivity contribution in [2.24, 2.45) is 0 Å². The summed E-state index contributed by atoms with van der Waals surface area (Å²) >= 11 is 0. The molecular formula is C13H22N4. The molecule has 4 nitrogen and oxygen atoms in total. The van der Waals surface area contributed by atoms with Crippen LogP contribution in [0.1, 0.15) is 26.7 Å². The van der Waals surface area contributed by atoms with Gasteiger partial charge < -0.3 is 4.90 Å². The summed E-state index contributed by atoms with van der Waals surface area (Å²) in [7, 11) is 0. The van der Waals surface area contributed by atoms with E-state index in [9.17, 15) is 0 Å². The molecule has 1 saturated heterocycles. The van der Waals surface area contributed by atoms with E-state index in [1.54, 1.807) is 0 Å². The average Bonchev–Trinajstić information content (AvgIpc) is 3.27. The minimum atomic E-state index is 0.882.